The van der Waals surface area contributed by atoms with Crippen LogP contribution in [0.25, 0.3) is 0 Å². The lowest BCUT2D eigenvalue weighted by molar-refractivity contribution is 0.127. The lowest BCUT2D eigenvalue weighted by atomic mass is 9.97. The molecule has 0 radical (unpaired) electrons. The Labute approximate surface area is 123 Å². The van der Waals surface area contributed by atoms with Crippen LogP contribution in [-0.4, -0.2) is 35.1 Å². The highest BCUT2D eigenvalue weighted by atomic mass is 15.2. The third-order valence-corrected chi connectivity index (χ3v) is 4.42. The molecule has 112 valence electrons. The zero-order valence-electron chi connectivity index (χ0n) is 13.2. The van der Waals surface area contributed by atoms with Gasteiger partial charge in [0, 0.05) is 31.4 Å². The first-order valence-corrected chi connectivity index (χ1v) is 8.14. The normalized spacial score (nSPS) is 23.9. The van der Waals surface area contributed by atoms with Gasteiger partial charge in [0.15, 0.2) is 0 Å². The molecule has 2 rings (SSSR count). The van der Waals surface area contributed by atoms with Gasteiger partial charge in [0.2, 0.25) is 0 Å². The first kappa shape index (κ1) is 15.5. The maximum Gasteiger partial charge on any atom is 0.0575 e. The first-order valence-electron chi connectivity index (χ1n) is 8.14. The number of hydrogen-bond donors (Lipinski definition) is 1. The van der Waals surface area contributed by atoms with E-state index in [1.165, 1.54) is 37.1 Å². The van der Waals surface area contributed by atoms with Crippen molar-refractivity contribution in [1.82, 2.24) is 15.2 Å². The number of pyridine rings is 1. The van der Waals surface area contributed by atoms with Crippen LogP contribution in [0.2, 0.25) is 0 Å². The molecular formula is C17H29N3. The van der Waals surface area contributed by atoms with Gasteiger partial charge in [-0.3, -0.25) is 9.88 Å². The van der Waals surface area contributed by atoms with Crippen molar-refractivity contribution < 1.29 is 0 Å². The Bertz CT molecular complexity index is 405. The molecular weight excluding hydrogens is 246 g/mol. The molecule has 1 aromatic heterocycles. The maximum absolute atomic E-state index is 4.59. The Morgan fingerprint density at radius 2 is 2.25 bits per heavy atom. The molecule has 20 heavy (non-hydrogen) atoms. The van der Waals surface area contributed by atoms with Gasteiger partial charge in [0.05, 0.1) is 5.69 Å². The highest BCUT2D eigenvalue weighted by molar-refractivity contribution is 5.19. The van der Waals surface area contributed by atoms with E-state index < -0.39 is 0 Å². The largest absolute Gasteiger partial charge is 0.314 e. The van der Waals surface area contributed by atoms with Crippen molar-refractivity contribution in [2.24, 2.45) is 0 Å². The molecule has 3 heteroatoms. The van der Waals surface area contributed by atoms with Gasteiger partial charge in [0.1, 0.15) is 0 Å². The minimum absolute atomic E-state index is 0.643. The van der Waals surface area contributed by atoms with E-state index in [0.29, 0.717) is 12.1 Å². The van der Waals surface area contributed by atoms with Gasteiger partial charge in [-0.15, -0.1) is 0 Å². The molecule has 2 unspecified atom stereocenters. The van der Waals surface area contributed by atoms with E-state index in [4.69, 9.17) is 0 Å². The van der Waals surface area contributed by atoms with Gasteiger partial charge >= 0.3 is 0 Å². The van der Waals surface area contributed by atoms with E-state index in [2.05, 4.69) is 42.0 Å². The number of likely N-dealkylation sites (tertiary alicyclic amines) is 1. The highest BCUT2D eigenvalue weighted by Gasteiger charge is 2.25. The molecule has 2 atom stereocenters. The summed E-state index contributed by atoms with van der Waals surface area (Å²) in [7, 11) is 0. The second-order valence-corrected chi connectivity index (χ2v) is 5.96. The molecule has 3 nitrogen and oxygen atoms in total. The van der Waals surface area contributed by atoms with Crippen molar-refractivity contribution in [3.05, 3.63) is 29.6 Å². The molecule has 0 amide bonds. The summed E-state index contributed by atoms with van der Waals surface area (Å²) in [5, 5.41) is 3.67. The van der Waals surface area contributed by atoms with Crippen LogP contribution in [0.5, 0.6) is 0 Å². The first-order chi connectivity index (χ1) is 9.74. The number of hydrogen-bond acceptors (Lipinski definition) is 3. The van der Waals surface area contributed by atoms with E-state index in [1.54, 1.807) is 0 Å². The molecule has 2 heterocycles. The van der Waals surface area contributed by atoms with Crippen LogP contribution in [0.4, 0.5) is 0 Å². The summed E-state index contributed by atoms with van der Waals surface area (Å²) in [6.07, 6.45) is 6.75. The molecule has 0 aromatic carbocycles. The molecule has 1 fully saturated rings. The Kier molecular flexibility index (Phi) is 5.99. The van der Waals surface area contributed by atoms with Crippen molar-refractivity contribution in [3.63, 3.8) is 0 Å². The van der Waals surface area contributed by atoms with E-state index in [1.807, 2.05) is 12.3 Å². The third kappa shape index (κ3) is 4.03. The van der Waals surface area contributed by atoms with Gasteiger partial charge < -0.3 is 5.32 Å². The SMILES string of the molecule is CCCNC1CCN(Cc2ncccc2CC)C(C)C1. The molecule has 0 spiro atoms. The predicted molar refractivity (Wildman–Crippen MR) is 84.8 cm³/mol. The number of piperidine rings is 1. The van der Waals surface area contributed by atoms with Crippen LogP contribution in [0.1, 0.15) is 51.3 Å². The molecule has 1 aliphatic rings. The Morgan fingerprint density at radius 3 is 2.95 bits per heavy atom. The second-order valence-electron chi connectivity index (χ2n) is 5.96. The van der Waals surface area contributed by atoms with Crippen molar-refractivity contribution in [1.29, 1.82) is 0 Å². The standard InChI is InChI=1S/C17H29N3/c1-4-9-18-16-8-11-20(14(3)12-16)13-17-15(5-2)7-6-10-19-17/h6-7,10,14,16,18H,4-5,8-9,11-13H2,1-3H3. The van der Waals surface area contributed by atoms with Crippen molar-refractivity contribution >= 4 is 0 Å². The fourth-order valence-electron chi connectivity index (χ4n) is 3.12. The van der Waals surface area contributed by atoms with Crippen molar-refractivity contribution in [2.75, 3.05) is 13.1 Å². The summed E-state index contributed by atoms with van der Waals surface area (Å²) in [5.41, 5.74) is 2.66. The third-order valence-electron chi connectivity index (χ3n) is 4.42. The Hall–Kier alpha value is -0.930. The molecule has 0 bridgehead atoms. The zero-order chi connectivity index (χ0) is 14.4. The molecule has 0 aliphatic carbocycles. The van der Waals surface area contributed by atoms with E-state index in [9.17, 15) is 0 Å². The van der Waals surface area contributed by atoms with Gasteiger partial charge in [0.25, 0.3) is 0 Å². The number of nitrogens with zero attached hydrogens (tertiary/aromatic N) is 2. The quantitative estimate of drug-likeness (QED) is 0.865. The number of aryl methyl sites for hydroxylation is 1. The lowest BCUT2D eigenvalue weighted by Crippen LogP contribution is -2.47. The van der Waals surface area contributed by atoms with Crippen LogP contribution in [-0.2, 0) is 13.0 Å². The second kappa shape index (κ2) is 7.75. The zero-order valence-corrected chi connectivity index (χ0v) is 13.2. The minimum atomic E-state index is 0.643. The van der Waals surface area contributed by atoms with Gasteiger partial charge in [-0.2, -0.15) is 0 Å². The average Bonchev–Trinajstić information content (AvgIpc) is 2.48. The number of nitrogens with one attached hydrogen (secondary N) is 1. The topological polar surface area (TPSA) is 28.2 Å². The smallest absolute Gasteiger partial charge is 0.0575 e. The Balaban J connectivity index is 1.91. The predicted octanol–water partition coefficient (Wildman–Crippen LogP) is 3.00. The maximum atomic E-state index is 4.59. The van der Waals surface area contributed by atoms with Crippen LogP contribution in [0, 0.1) is 0 Å². The van der Waals surface area contributed by atoms with Crippen molar-refractivity contribution in [3.8, 4) is 0 Å². The molecule has 1 saturated heterocycles. The Morgan fingerprint density at radius 1 is 1.40 bits per heavy atom. The summed E-state index contributed by atoms with van der Waals surface area (Å²) in [4.78, 5) is 7.18. The number of aromatic nitrogens is 1. The molecule has 0 saturated carbocycles. The van der Waals surface area contributed by atoms with E-state index >= 15 is 0 Å². The minimum Gasteiger partial charge on any atom is -0.314 e. The fraction of sp³-hybridized carbons (Fsp3) is 0.706. The van der Waals surface area contributed by atoms with Crippen LogP contribution < -0.4 is 5.32 Å². The average molecular weight is 275 g/mol. The van der Waals surface area contributed by atoms with E-state index in [0.717, 1.165) is 19.5 Å². The van der Waals surface area contributed by atoms with Crippen LogP contribution >= 0.6 is 0 Å². The summed E-state index contributed by atoms with van der Waals surface area (Å²) < 4.78 is 0. The summed E-state index contributed by atoms with van der Waals surface area (Å²) in [6.45, 7) is 10.1. The van der Waals surface area contributed by atoms with E-state index in [-0.39, 0.29) is 0 Å². The molecule has 1 aliphatic heterocycles. The summed E-state index contributed by atoms with van der Waals surface area (Å²) in [5.74, 6) is 0. The summed E-state index contributed by atoms with van der Waals surface area (Å²) >= 11 is 0. The van der Waals surface area contributed by atoms with Gasteiger partial charge in [-0.25, -0.2) is 0 Å². The van der Waals surface area contributed by atoms with Gasteiger partial charge in [-0.1, -0.05) is 19.9 Å². The lowest BCUT2D eigenvalue weighted by Gasteiger charge is -2.38. The van der Waals surface area contributed by atoms with Crippen LogP contribution in [0.15, 0.2) is 18.3 Å². The van der Waals surface area contributed by atoms with Gasteiger partial charge in [-0.05, 0) is 50.8 Å². The fourth-order valence-corrected chi connectivity index (χ4v) is 3.12. The number of rotatable bonds is 6. The van der Waals surface area contributed by atoms with Crippen molar-refractivity contribution in [2.45, 2.75) is 65.1 Å². The molecule has 1 N–H and O–H groups in total. The molecule has 1 aromatic rings. The monoisotopic (exact) mass is 275 g/mol. The summed E-state index contributed by atoms with van der Waals surface area (Å²) in [6, 6.07) is 5.61. The highest BCUT2D eigenvalue weighted by Crippen LogP contribution is 2.20. The van der Waals surface area contributed by atoms with Crippen LogP contribution in [0.3, 0.4) is 0 Å².